The molecule has 2 aromatic rings. The third kappa shape index (κ3) is 3.13. The summed E-state index contributed by atoms with van der Waals surface area (Å²) in [6.45, 7) is 7.41. The minimum Gasteiger partial charge on any atom is -0.379 e. The van der Waals surface area contributed by atoms with Crippen LogP contribution in [0.4, 0.5) is 0 Å². The third-order valence-electron chi connectivity index (χ3n) is 8.73. The van der Waals surface area contributed by atoms with Crippen LogP contribution in [0.1, 0.15) is 57.7 Å². The molecule has 0 amide bonds. The first kappa shape index (κ1) is 20.7. The number of hydrogen-bond donors (Lipinski definition) is 1. The fourth-order valence-corrected chi connectivity index (χ4v) is 7.48. The van der Waals surface area contributed by atoms with Crippen LogP contribution in [0.3, 0.4) is 0 Å². The van der Waals surface area contributed by atoms with Crippen molar-refractivity contribution in [3.63, 3.8) is 0 Å². The van der Waals surface area contributed by atoms with Crippen molar-refractivity contribution in [2.45, 2.75) is 70.4 Å². The number of aryl methyl sites for hydroxylation is 1. The fraction of sp³-hybridized carbons (Fsp3) is 0.792. The minimum absolute atomic E-state index is 0.101. The van der Waals surface area contributed by atoms with Gasteiger partial charge in [-0.25, -0.2) is 9.78 Å². The first-order valence-electron chi connectivity index (χ1n) is 12.6. The molecule has 174 valence electrons. The van der Waals surface area contributed by atoms with Crippen LogP contribution >= 0.6 is 0 Å². The van der Waals surface area contributed by atoms with Gasteiger partial charge >= 0.3 is 5.69 Å². The maximum Gasteiger partial charge on any atom is 0.332 e. The predicted octanol–water partition coefficient (Wildman–Crippen LogP) is 2.10. The number of imidazole rings is 1. The Balaban J connectivity index is 1.37. The third-order valence-corrected chi connectivity index (χ3v) is 8.73. The minimum atomic E-state index is -0.209. The second-order valence-corrected chi connectivity index (χ2v) is 10.7. The zero-order valence-corrected chi connectivity index (χ0v) is 19.1. The molecule has 1 saturated heterocycles. The quantitative estimate of drug-likeness (QED) is 0.711. The van der Waals surface area contributed by atoms with Crippen LogP contribution in [0.25, 0.3) is 11.2 Å². The molecule has 8 heteroatoms. The van der Waals surface area contributed by atoms with Crippen LogP contribution in [-0.4, -0.2) is 56.9 Å². The predicted molar refractivity (Wildman–Crippen MR) is 122 cm³/mol. The van der Waals surface area contributed by atoms with Crippen LogP contribution < -0.4 is 11.2 Å². The van der Waals surface area contributed by atoms with Crippen molar-refractivity contribution < 1.29 is 4.74 Å². The average molecular weight is 442 g/mol. The highest BCUT2D eigenvalue weighted by atomic mass is 16.5. The number of ether oxygens (including phenoxy) is 1. The normalized spacial score (nSPS) is 31.8. The summed E-state index contributed by atoms with van der Waals surface area (Å²) in [5, 5.41) is 0. The lowest BCUT2D eigenvalue weighted by Crippen LogP contribution is -2.41. The Morgan fingerprint density at radius 2 is 1.78 bits per heavy atom. The lowest BCUT2D eigenvalue weighted by atomic mass is 9.75. The van der Waals surface area contributed by atoms with E-state index in [0.29, 0.717) is 30.2 Å². The van der Waals surface area contributed by atoms with Gasteiger partial charge in [-0.15, -0.1) is 0 Å². The van der Waals surface area contributed by atoms with Gasteiger partial charge in [0.25, 0.3) is 5.56 Å². The van der Waals surface area contributed by atoms with Crippen LogP contribution in [-0.2, 0) is 23.2 Å². The van der Waals surface area contributed by atoms with E-state index in [-0.39, 0.29) is 16.7 Å². The van der Waals surface area contributed by atoms with Gasteiger partial charge in [0.05, 0.1) is 13.2 Å². The highest BCUT2D eigenvalue weighted by Crippen LogP contribution is 2.65. The molecule has 3 heterocycles. The van der Waals surface area contributed by atoms with Crippen molar-refractivity contribution in [3.8, 4) is 0 Å². The van der Waals surface area contributed by atoms with E-state index in [0.717, 1.165) is 63.3 Å². The van der Waals surface area contributed by atoms with Crippen molar-refractivity contribution in [2.24, 2.45) is 17.8 Å². The average Bonchev–Trinajstić information content (AvgIpc) is 3.42. The molecule has 7 rings (SSSR count). The number of hydrogen-bond acceptors (Lipinski definition) is 5. The molecule has 4 bridgehead atoms. The number of aromatic nitrogens is 4. The summed E-state index contributed by atoms with van der Waals surface area (Å²) in [5.74, 6) is 3.29. The largest absolute Gasteiger partial charge is 0.379 e. The smallest absolute Gasteiger partial charge is 0.332 e. The number of nitrogens with zero attached hydrogens (tertiary/aromatic N) is 4. The molecular formula is C24H35N5O3. The maximum atomic E-state index is 13.3. The van der Waals surface area contributed by atoms with E-state index in [1.807, 2.05) is 6.92 Å². The number of fused-ring (bicyclic) bond motifs is 1. The summed E-state index contributed by atoms with van der Waals surface area (Å²) in [4.78, 5) is 37.5. The van der Waals surface area contributed by atoms with Gasteiger partial charge in [-0.2, -0.15) is 0 Å². The summed E-state index contributed by atoms with van der Waals surface area (Å²) in [5.41, 5.74) is 0.789. The highest BCUT2D eigenvalue weighted by Gasteiger charge is 2.59. The standard InChI is InChI=1S/C24H35N5O3/c1-2-4-29-21(30)19-20(28(23(29)31)6-3-5-27-7-9-32-10-8-27)26-22(25-19)24-14-16-11-17(15-24)13-18(24)12-16/h16-18H,2-15H2,1H3,(H,25,26). The van der Waals surface area contributed by atoms with Crippen molar-refractivity contribution >= 4 is 11.2 Å². The Morgan fingerprint density at radius 1 is 1.03 bits per heavy atom. The number of rotatable bonds is 7. The first-order valence-corrected chi connectivity index (χ1v) is 12.6. The summed E-state index contributed by atoms with van der Waals surface area (Å²) >= 11 is 0. The van der Waals surface area contributed by atoms with Gasteiger partial charge in [-0.3, -0.25) is 18.8 Å². The van der Waals surface area contributed by atoms with E-state index in [1.54, 1.807) is 4.57 Å². The molecule has 2 unspecified atom stereocenters. The molecule has 5 aliphatic rings. The van der Waals surface area contributed by atoms with Crippen molar-refractivity contribution in [2.75, 3.05) is 32.8 Å². The van der Waals surface area contributed by atoms with Crippen LogP contribution in [0, 0.1) is 17.8 Å². The summed E-state index contributed by atoms with van der Waals surface area (Å²) in [6, 6.07) is 0. The van der Waals surface area contributed by atoms with Gasteiger partial charge in [-0.1, -0.05) is 6.92 Å². The number of nitrogens with one attached hydrogen (secondary N) is 1. The van der Waals surface area contributed by atoms with Crippen molar-refractivity contribution in [1.29, 1.82) is 0 Å². The number of morpholine rings is 1. The van der Waals surface area contributed by atoms with Gasteiger partial charge in [0.2, 0.25) is 0 Å². The Kier molecular flexibility index (Phi) is 5.06. The molecule has 4 aliphatic carbocycles. The maximum absolute atomic E-state index is 13.3. The number of H-pyrrole nitrogens is 1. The van der Waals surface area contributed by atoms with Gasteiger partial charge in [0.15, 0.2) is 5.65 Å². The van der Waals surface area contributed by atoms with Gasteiger partial charge < -0.3 is 9.72 Å². The van der Waals surface area contributed by atoms with Crippen molar-refractivity contribution in [3.05, 3.63) is 26.7 Å². The molecule has 2 atom stereocenters. The number of aromatic amines is 1. The van der Waals surface area contributed by atoms with E-state index in [2.05, 4.69) is 9.88 Å². The van der Waals surface area contributed by atoms with Gasteiger partial charge in [0.1, 0.15) is 11.3 Å². The SMILES string of the molecule is CCCn1c(=O)c2[nH]c(C34CC5CC(CC3C5)C4)nc2n(CCCN2CCOCC2)c1=O. The zero-order chi connectivity index (χ0) is 21.9. The fourth-order valence-electron chi connectivity index (χ4n) is 7.48. The first-order chi connectivity index (χ1) is 15.6. The molecule has 0 aromatic carbocycles. The summed E-state index contributed by atoms with van der Waals surface area (Å²) in [6.07, 6.45) is 7.98. The molecule has 4 saturated carbocycles. The topological polar surface area (TPSA) is 85.2 Å². The molecule has 5 fully saturated rings. The summed E-state index contributed by atoms with van der Waals surface area (Å²) < 4.78 is 8.62. The van der Waals surface area contributed by atoms with Crippen molar-refractivity contribution in [1.82, 2.24) is 24.0 Å². The van der Waals surface area contributed by atoms with Crippen LogP contribution in [0.5, 0.6) is 0 Å². The Morgan fingerprint density at radius 3 is 2.50 bits per heavy atom. The van der Waals surface area contributed by atoms with Gasteiger partial charge in [0, 0.05) is 38.1 Å². The van der Waals surface area contributed by atoms with E-state index in [1.165, 1.54) is 36.7 Å². The Hall–Kier alpha value is -1.93. The second kappa shape index (κ2) is 7.83. The molecule has 32 heavy (non-hydrogen) atoms. The second-order valence-electron chi connectivity index (χ2n) is 10.7. The zero-order valence-electron chi connectivity index (χ0n) is 19.1. The Labute approximate surface area is 188 Å². The van der Waals surface area contributed by atoms with E-state index in [4.69, 9.17) is 9.72 Å². The lowest BCUT2D eigenvalue weighted by Gasteiger charge is -2.30. The van der Waals surface area contributed by atoms with E-state index < -0.39 is 0 Å². The molecule has 1 N–H and O–H groups in total. The molecular weight excluding hydrogens is 406 g/mol. The monoisotopic (exact) mass is 441 g/mol. The lowest BCUT2D eigenvalue weighted by molar-refractivity contribution is 0.0369. The van der Waals surface area contributed by atoms with Gasteiger partial charge in [-0.05, 0) is 62.7 Å². The van der Waals surface area contributed by atoms with Crippen LogP contribution in [0.2, 0.25) is 0 Å². The highest BCUT2D eigenvalue weighted by molar-refractivity contribution is 5.70. The van der Waals surface area contributed by atoms with Crippen LogP contribution in [0.15, 0.2) is 9.59 Å². The Bertz CT molecular complexity index is 1110. The molecule has 1 aliphatic heterocycles. The van der Waals surface area contributed by atoms with E-state index in [9.17, 15) is 9.59 Å². The summed E-state index contributed by atoms with van der Waals surface area (Å²) in [7, 11) is 0. The molecule has 8 nitrogen and oxygen atoms in total. The van der Waals surface area contributed by atoms with E-state index >= 15 is 0 Å². The molecule has 0 spiro atoms. The molecule has 0 radical (unpaired) electrons. The molecule has 2 aromatic heterocycles.